The molecule has 0 aromatic rings. The monoisotopic (exact) mass is 376 g/mol. The van der Waals surface area contributed by atoms with Crippen LogP contribution >= 0.6 is 0 Å². The van der Waals surface area contributed by atoms with Gasteiger partial charge in [-0.1, -0.05) is 12.8 Å². The van der Waals surface area contributed by atoms with Gasteiger partial charge in [0.25, 0.3) is 0 Å². The van der Waals surface area contributed by atoms with Gasteiger partial charge in [-0.05, 0) is 44.4 Å². The van der Waals surface area contributed by atoms with E-state index in [-0.39, 0.29) is 25.0 Å². The number of alkyl halides is 3. The minimum absolute atomic E-state index is 0.0133. The number of hydrogen-bond donors (Lipinski definition) is 2. The van der Waals surface area contributed by atoms with Gasteiger partial charge in [0.1, 0.15) is 0 Å². The molecule has 2 atom stereocenters. The first-order chi connectivity index (χ1) is 12.2. The Morgan fingerprint density at radius 1 is 1.08 bits per heavy atom. The lowest BCUT2D eigenvalue weighted by molar-refractivity contribution is -0.198. The lowest BCUT2D eigenvalue weighted by atomic mass is 9.77. The second-order valence-electron chi connectivity index (χ2n) is 8.14. The van der Waals surface area contributed by atoms with Gasteiger partial charge < -0.3 is 10.4 Å². The highest BCUT2D eigenvalue weighted by atomic mass is 19.4. The lowest BCUT2D eigenvalue weighted by Gasteiger charge is -2.43. The fourth-order valence-electron chi connectivity index (χ4n) is 4.30. The topological polar surface area (TPSA) is 69.6 Å². The van der Waals surface area contributed by atoms with Crippen LogP contribution in [0.3, 0.4) is 0 Å². The van der Waals surface area contributed by atoms with Crippen LogP contribution in [0.25, 0.3) is 0 Å². The lowest BCUT2D eigenvalue weighted by Crippen LogP contribution is -2.57. The third-order valence-electron chi connectivity index (χ3n) is 6.03. The van der Waals surface area contributed by atoms with Crippen molar-refractivity contribution in [2.24, 2.45) is 17.8 Å². The highest BCUT2D eigenvalue weighted by Crippen LogP contribution is 2.42. The zero-order valence-electron chi connectivity index (χ0n) is 14.8. The number of carbonyl (C=O) groups excluding carboxylic acids is 1. The Balaban J connectivity index is 1.49. The van der Waals surface area contributed by atoms with Gasteiger partial charge in [0.15, 0.2) is 0 Å². The maximum absolute atomic E-state index is 13.2. The molecule has 0 aromatic carbocycles. The van der Waals surface area contributed by atoms with Gasteiger partial charge in [-0.3, -0.25) is 14.5 Å². The highest BCUT2D eigenvalue weighted by Gasteiger charge is 2.48. The fraction of sp³-hybridized carbons (Fsp3) is 0.889. The number of halogens is 3. The summed E-state index contributed by atoms with van der Waals surface area (Å²) in [4.78, 5) is 25.4. The van der Waals surface area contributed by atoms with Crippen LogP contribution in [-0.2, 0) is 9.59 Å². The van der Waals surface area contributed by atoms with Crippen LogP contribution in [-0.4, -0.2) is 53.2 Å². The molecule has 2 unspecified atom stereocenters. The van der Waals surface area contributed by atoms with Gasteiger partial charge in [0, 0.05) is 24.5 Å². The van der Waals surface area contributed by atoms with E-state index in [0.29, 0.717) is 38.0 Å². The molecule has 3 aliphatic carbocycles. The first kappa shape index (κ1) is 19.5. The first-order valence-electron chi connectivity index (χ1n) is 9.57. The SMILES string of the molecule is O=C(O)CN(CC1CC1)C1CC(NC(=O)C2CCCCC2C(F)(F)F)C1. The quantitative estimate of drug-likeness (QED) is 0.717. The molecule has 0 heterocycles. The van der Waals surface area contributed by atoms with Crippen molar-refractivity contribution in [3.63, 3.8) is 0 Å². The van der Waals surface area contributed by atoms with E-state index >= 15 is 0 Å². The number of nitrogens with one attached hydrogen (secondary N) is 1. The van der Waals surface area contributed by atoms with Crippen molar-refractivity contribution in [3.8, 4) is 0 Å². The molecule has 0 aromatic heterocycles. The maximum Gasteiger partial charge on any atom is 0.392 e. The Hall–Kier alpha value is -1.31. The minimum atomic E-state index is -4.33. The Labute approximate surface area is 151 Å². The number of carbonyl (C=O) groups is 2. The van der Waals surface area contributed by atoms with Gasteiger partial charge in [-0.2, -0.15) is 13.2 Å². The molecule has 5 nitrogen and oxygen atoms in total. The molecule has 0 bridgehead atoms. The number of carboxylic acids is 1. The number of rotatable bonds is 7. The van der Waals surface area contributed by atoms with Crippen molar-refractivity contribution in [1.82, 2.24) is 10.2 Å². The Kier molecular flexibility index (Phi) is 5.79. The number of nitrogens with zero attached hydrogens (tertiary/aromatic N) is 1. The second-order valence-corrected chi connectivity index (χ2v) is 8.14. The summed E-state index contributed by atoms with van der Waals surface area (Å²) in [6.07, 6.45) is 0.669. The molecule has 0 radical (unpaired) electrons. The van der Waals surface area contributed by atoms with Crippen molar-refractivity contribution in [1.29, 1.82) is 0 Å². The van der Waals surface area contributed by atoms with Gasteiger partial charge in [0.2, 0.25) is 5.91 Å². The summed E-state index contributed by atoms with van der Waals surface area (Å²) in [7, 11) is 0. The highest BCUT2D eigenvalue weighted by molar-refractivity contribution is 5.79. The third-order valence-corrected chi connectivity index (χ3v) is 6.03. The number of aliphatic carboxylic acids is 1. The molecule has 8 heteroatoms. The Bertz CT molecular complexity index is 530. The average molecular weight is 376 g/mol. The van der Waals surface area contributed by atoms with E-state index in [1.165, 1.54) is 0 Å². The standard InChI is InChI=1S/C18H27F3N2O3/c19-18(20,21)15-4-2-1-3-14(15)17(26)22-12-7-13(8-12)23(10-16(24)25)9-11-5-6-11/h11-15H,1-10H2,(H,22,26)(H,24,25). The van der Waals surface area contributed by atoms with Crippen LogP contribution < -0.4 is 5.32 Å². The molecule has 2 N–H and O–H groups in total. The van der Waals surface area contributed by atoms with E-state index in [1.807, 2.05) is 4.90 Å². The van der Waals surface area contributed by atoms with Crippen LogP contribution in [0.1, 0.15) is 51.4 Å². The molecule has 0 saturated heterocycles. The van der Waals surface area contributed by atoms with E-state index in [4.69, 9.17) is 5.11 Å². The third kappa shape index (κ3) is 4.90. The normalized spacial score (nSPS) is 32.2. The van der Waals surface area contributed by atoms with E-state index in [9.17, 15) is 22.8 Å². The molecule has 3 saturated carbocycles. The average Bonchev–Trinajstić information content (AvgIpc) is 3.32. The summed E-state index contributed by atoms with van der Waals surface area (Å²) in [5, 5.41) is 11.8. The van der Waals surface area contributed by atoms with Crippen LogP contribution in [0, 0.1) is 17.8 Å². The van der Waals surface area contributed by atoms with Crippen molar-refractivity contribution in [3.05, 3.63) is 0 Å². The largest absolute Gasteiger partial charge is 0.480 e. The summed E-state index contributed by atoms with van der Waals surface area (Å²) in [6, 6.07) is -0.0411. The zero-order chi connectivity index (χ0) is 18.9. The molecule has 26 heavy (non-hydrogen) atoms. The first-order valence-corrected chi connectivity index (χ1v) is 9.57. The van der Waals surface area contributed by atoms with Crippen LogP contribution in [0.4, 0.5) is 13.2 Å². The summed E-state index contributed by atoms with van der Waals surface area (Å²) < 4.78 is 39.5. The van der Waals surface area contributed by atoms with Crippen LogP contribution in [0.5, 0.6) is 0 Å². The van der Waals surface area contributed by atoms with E-state index in [0.717, 1.165) is 19.4 Å². The van der Waals surface area contributed by atoms with Crippen molar-refractivity contribution in [2.45, 2.75) is 69.6 Å². The smallest absolute Gasteiger partial charge is 0.392 e. The fourth-order valence-corrected chi connectivity index (χ4v) is 4.30. The number of amides is 1. The van der Waals surface area contributed by atoms with E-state index in [2.05, 4.69) is 5.32 Å². The summed E-state index contributed by atoms with van der Waals surface area (Å²) in [6.45, 7) is 0.747. The molecular formula is C18H27F3N2O3. The van der Waals surface area contributed by atoms with Crippen LogP contribution in [0.2, 0.25) is 0 Å². The predicted molar refractivity (Wildman–Crippen MR) is 88.4 cm³/mol. The molecule has 3 aliphatic rings. The summed E-state index contributed by atoms with van der Waals surface area (Å²) in [5.41, 5.74) is 0. The maximum atomic E-state index is 13.2. The molecule has 3 rings (SSSR count). The number of hydrogen-bond acceptors (Lipinski definition) is 3. The molecule has 1 amide bonds. The van der Waals surface area contributed by atoms with E-state index < -0.39 is 29.9 Å². The van der Waals surface area contributed by atoms with Crippen molar-refractivity contribution in [2.75, 3.05) is 13.1 Å². The van der Waals surface area contributed by atoms with Gasteiger partial charge in [-0.15, -0.1) is 0 Å². The second kappa shape index (κ2) is 7.74. The van der Waals surface area contributed by atoms with Crippen molar-refractivity contribution < 1.29 is 27.9 Å². The minimum Gasteiger partial charge on any atom is -0.480 e. The number of carboxylic acid groups (broad SMARTS) is 1. The van der Waals surface area contributed by atoms with Gasteiger partial charge in [0.05, 0.1) is 12.5 Å². The summed E-state index contributed by atoms with van der Waals surface area (Å²) >= 11 is 0. The van der Waals surface area contributed by atoms with Crippen molar-refractivity contribution >= 4 is 11.9 Å². The van der Waals surface area contributed by atoms with Gasteiger partial charge in [-0.25, -0.2) is 0 Å². The Morgan fingerprint density at radius 2 is 1.73 bits per heavy atom. The zero-order valence-corrected chi connectivity index (χ0v) is 14.8. The summed E-state index contributed by atoms with van der Waals surface area (Å²) in [5.74, 6) is -3.30. The molecule has 0 aliphatic heterocycles. The molecular weight excluding hydrogens is 349 g/mol. The Morgan fingerprint density at radius 3 is 2.31 bits per heavy atom. The van der Waals surface area contributed by atoms with E-state index in [1.54, 1.807) is 0 Å². The molecule has 0 spiro atoms. The molecule has 148 valence electrons. The van der Waals surface area contributed by atoms with Gasteiger partial charge >= 0.3 is 12.1 Å². The molecule has 3 fully saturated rings. The van der Waals surface area contributed by atoms with Crippen LogP contribution in [0.15, 0.2) is 0 Å². The predicted octanol–water partition coefficient (Wildman–Crippen LogP) is 2.80.